The van der Waals surface area contributed by atoms with Crippen molar-refractivity contribution < 1.29 is 18.0 Å². The van der Waals surface area contributed by atoms with Crippen LogP contribution in [0.15, 0.2) is 48.5 Å². The first-order chi connectivity index (χ1) is 11.4. The maximum absolute atomic E-state index is 13.1. The molecule has 2 nitrogen and oxygen atoms in total. The minimum Gasteiger partial charge on any atom is -0.352 e. The number of carbonyl (C=O) groups excluding carboxylic acids is 1. The summed E-state index contributed by atoms with van der Waals surface area (Å²) in [5.41, 5.74) is 0.445. The maximum Gasteiger partial charge on any atom is 0.416 e. The molecule has 0 radical (unpaired) electrons. The molecule has 0 spiro atoms. The van der Waals surface area contributed by atoms with Crippen LogP contribution in [0.25, 0.3) is 0 Å². The first kappa shape index (κ1) is 16.8. The molecule has 1 N–H and O–H groups in total. The molecule has 1 aliphatic carbocycles. The van der Waals surface area contributed by atoms with E-state index in [4.69, 9.17) is 11.6 Å². The molecular formula is C18H15ClF3NO. The molecule has 6 heteroatoms. The maximum atomic E-state index is 13.1. The Morgan fingerprint density at radius 3 is 2.46 bits per heavy atom. The van der Waals surface area contributed by atoms with Crippen molar-refractivity contribution in [2.24, 2.45) is 5.92 Å². The molecule has 1 aliphatic rings. The molecule has 0 bridgehead atoms. The second kappa shape index (κ2) is 6.48. The number of amides is 1. The Balaban J connectivity index is 1.63. The number of carbonyl (C=O) groups is 1. The van der Waals surface area contributed by atoms with Crippen LogP contribution in [0.2, 0.25) is 5.02 Å². The van der Waals surface area contributed by atoms with E-state index in [9.17, 15) is 18.0 Å². The molecule has 24 heavy (non-hydrogen) atoms. The lowest BCUT2D eigenvalue weighted by Gasteiger charge is -2.12. The van der Waals surface area contributed by atoms with Gasteiger partial charge in [-0.15, -0.1) is 0 Å². The summed E-state index contributed by atoms with van der Waals surface area (Å²) in [4.78, 5) is 12.2. The lowest BCUT2D eigenvalue weighted by atomic mass is 10.0. The number of benzene rings is 2. The van der Waals surface area contributed by atoms with E-state index in [0.717, 1.165) is 11.6 Å². The molecule has 0 aromatic heterocycles. The van der Waals surface area contributed by atoms with Crippen LogP contribution in [-0.2, 0) is 17.5 Å². The van der Waals surface area contributed by atoms with E-state index in [1.807, 2.05) is 0 Å². The highest BCUT2D eigenvalue weighted by atomic mass is 35.5. The van der Waals surface area contributed by atoms with Gasteiger partial charge in [0.05, 0.1) is 5.56 Å². The van der Waals surface area contributed by atoms with Crippen LogP contribution in [0.1, 0.15) is 29.0 Å². The number of halogens is 4. The van der Waals surface area contributed by atoms with Crippen molar-refractivity contribution in [3.8, 4) is 0 Å². The predicted molar refractivity (Wildman–Crippen MR) is 85.6 cm³/mol. The highest BCUT2D eigenvalue weighted by molar-refractivity contribution is 6.30. The number of alkyl halides is 3. The summed E-state index contributed by atoms with van der Waals surface area (Å²) in [5, 5.41) is 3.38. The van der Waals surface area contributed by atoms with Crippen LogP contribution >= 0.6 is 11.6 Å². The lowest BCUT2D eigenvalue weighted by Crippen LogP contribution is -2.25. The van der Waals surface area contributed by atoms with Gasteiger partial charge in [-0.3, -0.25) is 4.79 Å². The molecule has 126 valence electrons. The molecule has 0 heterocycles. The number of nitrogens with one attached hydrogen (secondary N) is 1. The van der Waals surface area contributed by atoms with Crippen LogP contribution in [0, 0.1) is 5.92 Å². The van der Waals surface area contributed by atoms with Gasteiger partial charge in [-0.1, -0.05) is 41.9 Å². The Morgan fingerprint density at radius 1 is 1.12 bits per heavy atom. The van der Waals surface area contributed by atoms with Gasteiger partial charge in [0, 0.05) is 17.5 Å². The van der Waals surface area contributed by atoms with Crippen molar-refractivity contribution in [3.63, 3.8) is 0 Å². The van der Waals surface area contributed by atoms with Gasteiger partial charge >= 0.3 is 6.18 Å². The Hall–Kier alpha value is -2.01. The van der Waals surface area contributed by atoms with Crippen LogP contribution in [0.3, 0.4) is 0 Å². The van der Waals surface area contributed by atoms with Gasteiger partial charge in [-0.25, -0.2) is 0 Å². The van der Waals surface area contributed by atoms with Crippen LogP contribution in [0.4, 0.5) is 13.2 Å². The Bertz CT molecular complexity index is 743. The zero-order valence-electron chi connectivity index (χ0n) is 12.6. The summed E-state index contributed by atoms with van der Waals surface area (Å²) in [5.74, 6) is -0.985. The van der Waals surface area contributed by atoms with E-state index in [0.29, 0.717) is 18.0 Å². The van der Waals surface area contributed by atoms with Crippen LogP contribution in [-0.4, -0.2) is 5.91 Å². The summed E-state index contributed by atoms with van der Waals surface area (Å²) in [6, 6.07) is 12.5. The highest BCUT2D eigenvalue weighted by Crippen LogP contribution is 2.51. The van der Waals surface area contributed by atoms with Gasteiger partial charge in [0.2, 0.25) is 5.91 Å². The fraction of sp³-hybridized carbons (Fsp3) is 0.278. The summed E-state index contributed by atoms with van der Waals surface area (Å²) in [6.07, 6.45) is -3.96. The Morgan fingerprint density at radius 2 is 1.79 bits per heavy atom. The van der Waals surface area contributed by atoms with Crippen LogP contribution in [0.5, 0.6) is 0 Å². The summed E-state index contributed by atoms with van der Waals surface area (Å²) in [7, 11) is 0. The standard InChI is InChI=1S/C18H15ClF3NO/c19-12-7-5-11(6-8-12)10-23-17(24)15-9-14(15)13-3-1-2-4-16(13)18(20,21)22/h1-8,14-15H,9-10H2,(H,23,24). The first-order valence-electron chi connectivity index (χ1n) is 7.54. The second-order valence-corrected chi connectivity index (χ2v) is 6.31. The zero-order chi connectivity index (χ0) is 17.3. The highest BCUT2D eigenvalue weighted by Gasteiger charge is 2.47. The third-order valence-electron chi connectivity index (χ3n) is 4.17. The fourth-order valence-corrected chi connectivity index (χ4v) is 2.96. The first-order valence-corrected chi connectivity index (χ1v) is 7.92. The van der Waals surface area contributed by atoms with E-state index < -0.39 is 17.7 Å². The van der Waals surface area contributed by atoms with Crippen molar-refractivity contribution >= 4 is 17.5 Å². The van der Waals surface area contributed by atoms with E-state index in [2.05, 4.69) is 5.32 Å². The average Bonchev–Trinajstić information content (AvgIpc) is 3.34. The predicted octanol–water partition coefficient (Wildman–Crippen LogP) is 4.78. The number of hydrogen-bond donors (Lipinski definition) is 1. The van der Waals surface area contributed by atoms with Crippen LogP contribution < -0.4 is 5.32 Å². The largest absolute Gasteiger partial charge is 0.416 e. The number of rotatable bonds is 4. The van der Waals surface area contributed by atoms with Crippen molar-refractivity contribution in [1.29, 1.82) is 0 Å². The fourth-order valence-electron chi connectivity index (χ4n) is 2.83. The minimum absolute atomic E-state index is 0.205. The van der Waals surface area contributed by atoms with Gasteiger partial charge in [0.1, 0.15) is 0 Å². The lowest BCUT2D eigenvalue weighted by molar-refractivity contribution is -0.138. The third kappa shape index (κ3) is 3.73. The van der Waals surface area contributed by atoms with Crippen molar-refractivity contribution in [3.05, 3.63) is 70.2 Å². The zero-order valence-corrected chi connectivity index (χ0v) is 13.4. The van der Waals surface area contributed by atoms with Crippen molar-refractivity contribution in [2.75, 3.05) is 0 Å². The summed E-state index contributed by atoms with van der Waals surface area (Å²) >= 11 is 5.79. The molecule has 2 aromatic carbocycles. The summed E-state index contributed by atoms with van der Waals surface area (Å²) < 4.78 is 39.2. The summed E-state index contributed by atoms with van der Waals surface area (Å²) in [6.45, 7) is 0.333. The average molecular weight is 354 g/mol. The molecule has 1 saturated carbocycles. The van der Waals surface area contributed by atoms with E-state index in [1.54, 1.807) is 30.3 Å². The number of hydrogen-bond acceptors (Lipinski definition) is 1. The monoisotopic (exact) mass is 353 g/mol. The SMILES string of the molecule is O=C(NCc1ccc(Cl)cc1)C1CC1c1ccccc1C(F)(F)F. The Kier molecular flexibility index (Phi) is 4.54. The molecule has 2 atom stereocenters. The third-order valence-corrected chi connectivity index (χ3v) is 4.42. The van der Waals surface area contributed by atoms with Gasteiger partial charge < -0.3 is 5.32 Å². The Labute approximate surface area is 142 Å². The van der Waals surface area contributed by atoms with E-state index in [1.165, 1.54) is 12.1 Å². The van der Waals surface area contributed by atoms with Gasteiger partial charge in [0.15, 0.2) is 0 Å². The minimum atomic E-state index is -4.40. The molecule has 1 fully saturated rings. The van der Waals surface area contributed by atoms with Crippen molar-refractivity contribution in [2.45, 2.75) is 25.1 Å². The molecule has 3 rings (SSSR count). The van der Waals surface area contributed by atoms with E-state index >= 15 is 0 Å². The van der Waals surface area contributed by atoms with E-state index in [-0.39, 0.29) is 17.4 Å². The normalized spacial score (nSPS) is 19.8. The smallest absolute Gasteiger partial charge is 0.352 e. The topological polar surface area (TPSA) is 29.1 Å². The molecule has 1 amide bonds. The molecule has 2 unspecified atom stereocenters. The molecule has 2 aromatic rings. The molecular weight excluding hydrogens is 339 g/mol. The molecule has 0 saturated heterocycles. The second-order valence-electron chi connectivity index (χ2n) is 5.88. The molecule has 0 aliphatic heterocycles. The van der Waals surface area contributed by atoms with Gasteiger partial charge in [-0.05, 0) is 41.7 Å². The van der Waals surface area contributed by atoms with Gasteiger partial charge in [-0.2, -0.15) is 13.2 Å². The van der Waals surface area contributed by atoms with Crippen molar-refractivity contribution in [1.82, 2.24) is 5.32 Å². The quantitative estimate of drug-likeness (QED) is 0.842. The van der Waals surface area contributed by atoms with Gasteiger partial charge in [0.25, 0.3) is 0 Å².